The zero-order chi connectivity index (χ0) is 8.97. The van der Waals surface area contributed by atoms with E-state index in [0.29, 0.717) is 10.6 Å². The molecule has 0 aliphatic rings. The third-order valence-electron chi connectivity index (χ3n) is 1.38. The Hall–Kier alpha value is -1.21. The fourth-order valence-electron chi connectivity index (χ4n) is 0.814. The molecular formula is C8H8N2OS. The van der Waals surface area contributed by atoms with E-state index in [4.69, 9.17) is 5.26 Å². The van der Waals surface area contributed by atoms with Crippen LogP contribution in [0.1, 0.15) is 12.6 Å². The molecular weight excluding hydrogens is 172 g/mol. The fraction of sp³-hybridized carbons (Fsp3) is 0.250. The van der Waals surface area contributed by atoms with Crippen molar-refractivity contribution < 1.29 is 4.21 Å². The van der Waals surface area contributed by atoms with Crippen LogP contribution < -0.4 is 0 Å². The van der Waals surface area contributed by atoms with Gasteiger partial charge in [-0.15, -0.1) is 0 Å². The van der Waals surface area contributed by atoms with Crippen molar-refractivity contribution in [1.82, 2.24) is 4.98 Å². The summed E-state index contributed by atoms with van der Waals surface area (Å²) in [5, 5.41) is 8.62. The van der Waals surface area contributed by atoms with Crippen LogP contribution >= 0.6 is 0 Å². The normalized spacial score (nSPS) is 12.0. The Labute approximate surface area is 73.5 Å². The van der Waals surface area contributed by atoms with Gasteiger partial charge in [-0.3, -0.25) is 4.21 Å². The molecule has 3 nitrogen and oxygen atoms in total. The Bertz CT molecular complexity index is 343. The molecule has 0 N–H and O–H groups in total. The number of pyridine rings is 1. The second-order valence-corrected chi connectivity index (χ2v) is 3.80. The van der Waals surface area contributed by atoms with E-state index in [1.165, 1.54) is 6.20 Å². The molecule has 0 spiro atoms. The molecule has 4 heteroatoms. The monoisotopic (exact) mass is 180 g/mol. The van der Waals surface area contributed by atoms with E-state index in [9.17, 15) is 4.21 Å². The first-order valence-electron chi connectivity index (χ1n) is 3.53. The lowest BCUT2D eigenvalue weighted by molar-refractivity contribution is 0.683. The minimum Gasteiger partial charge on any atom is -0.254 e. The van der Waals surface area contributed by atoms with Crippen molar-refractivity contribution in [2.75, 3.05) is 5.75 Å². The minimum atomic E-state index is -1.09. The molecule has 1 atom stereocenters. The molecule has 0 amide bonds. The molecule has 1 rings (SSSR count). The van der Waals surface area contributed by atoms with Gasteiger partial charge in [-0.05, 0) is 12.1 Å². The van der Waals surface area contributed by atoms with Gasteiger partial charge in [-0.25, -0.2) is 4.98 Å². The van der Waals surface area contributed by atoms with Crippen LogP contribution in [0.25, 0.3) is 0 Å². The first-order valence-corrected chi connectivity index (χ1v) is 4.85. The van der Waals surface area contributed by atoms with Gasteiger partial charge in [0.15, 0.2) is 5.69 Å². The first-order chi connectivity index (χ1) is 5.79. The Balaban J connectivity index is 3.16. The quantitative estimate of drug-likeness (QED) is 0.684. The standard InChI is InChI=1S/C8H8N2OS/c1-2-12(11)8-4-3-5-10-7(8)6-9/h3-5H,2H2,1H3/t12-/m0/s1. The molecule has 0 aliphatic heterocycles. The predicted octanol–water partition coefficient (Wildman–Crippen LogP) is 1.08. The summed E-state index contributed by atoms with van der Waals surface area (Å²) in [6.07, 6.45) is 1.52. The van der Waals surface area contributed by atoms with E-state index in [2.05, 4.69) is 4.98 Å². The van der Waals surface area contributed by atoms with Gasteiger partial charge in [0, 0.05) is 11.9 Å². The third kappa shape index (κ3) is 1.69. The molecule has 1 aromatic rings. The highest BCUT2D eigenvalue weighted by Crippen LogP contribution is 2.09. The van der Waals surface area contributed by atoms with Gasteiger partial charge in [0.05, 0.1) is 15.7 Å². The number of nitrogens with zero attached hydrogens (tertiary/aromatic N) is 2. The van der Waals surface area contributed by atoms with E-state index in [1.807, 2.05) is 13.0 Å². The van der Waals surface area contributed by atoms with Crippen LogP contribution in [-0.2, 0) is 10.8 Å². The Morgan fingerprint density at radius 3 is 3.08 bits per heavy atom. The summed E-state index contributed by atoms with van der Waals surface area (Å²) < 4.78 is 11.3. The van der Waals surface area contributed by atoms with Crippen molar-refractivity contribution in [3.63, 3.8) is 0 Å². The maximum atomic E-state index is 11.3. The maximum Gasteiger partial charge on any atom is 0.156 e. The van der Waals surface area contributed by atoms with Crippen molar-refractivity contribution >= 4 is 10.8 Å². The van der Waals surface area contributed by atoms with E-state index >= 15 is 0 Å². The molecule has 0 bridgehead atoms. The lowest BCUT2D eigenvalue weighted by atomic mass is 10.4. The molecule has 1 aromatic heterocycles. The Kier molecular flexibility index (Phi) is 2.94. The summed E-state index contributed by atoms with van der Waals surface area (Å²) in [6.45, 7) is 1.81. The van der Waals surface area contributed by atoms with Crippen LogP contribution in [0.2, 0.25) is 0 Å². The SMILES string of the molecule is CC[S@](=O)c1cccnc1C#N. The molecule has 0 aromatic carbocycles. The molecule has 1 heterocycles. The summed E-state index contributed by atoms with van der Waals surface area (Å²) >= 11 is 0. The van der Waals surface area contributed by atoms with Crippen molar-refractivity contribution in [2.45, 2.75) is 11.8 Å². The summed E-state index contributed by atoms with van der Waals surface area (Å²) in [7, 11) is -1.09. The second-order valence-electron chi connectivity index (χ2n) is 2.10. The van der Waals surface area contributed by atoms with Gasteiger partial charge in [0.25, 0.3) is 0 Å². The van der Waals surface area contributed by atoms with E-state index in [0.717, 1.165) is 0 Å². The molecule has 62 valence electrons. The van der Waals surface area contributed by atoms with Gasteiger partial charge < -0.3 is 0 Å². The van der Waals surface area contributed by atoms with E-state index in [1.54, 1.807) is 12.1 Å². The molecule has 0 saturated heterocycles. The molecule has 0 unspecified atom stereocenters. The summed E-state index contributed by atoms with van der Waals surface area (Å²) in [5.41, 5.74) is 0.262. The zero-order valence-corrected chi connectivity index (χ0v) is 7.47. The first kappa shape index (κ1) is 8.88. The Morgan fingerprint density at radius 2 is 2.50 bits per heavy atom. The lowest BCUT2D eigenvalue weighted by Gasteiger charge is -1.98. The predicted molar refractivity (Wildman–Crippen MR) is 45.9 cm³/mol. The number of rotatable bonds is 2. The molecule has 12 heavy (non-hydrogen) atoms. The molecule has 0 saturated carbocycles. The number of aromatic nitrogens is 1. The summed E-state index contributed by atoms with van der Waals surface area (Å²) in [6, 6.07) is 5.26. The van der Waals surface area contributed by atoms with E-state index in [-0.39, 0.29) is 5.69 Å². The van der Waals surface area contributed by atoms with Gasteiger partial charge in [0.2, 0.25) is 0 Å². The van der Waals surface area contributed by atoms with Crippen LogP contribution in [0.5, 0.6) is 0 Å². The number of nitriles is 1. The van der Waals surface area contributed by atoms with Crippen LogP contribution in [-0.4, -0.2) is 14.9 Å². The van der Waals surface area contributed by atoms with Crippen LogP contribution in [0.15, 0.2) is 23.2 Å². The van der Waals surface area contributed by atoms with Crippen molar-refractivity contribution in [3.8, 4) is 6.07 Å². The highest BCUT2D eigenvalue weighted by molar-refractivity contribution is 7.85. The topological polar surface area (TPSA) is 53.8 Å². The van der Waals surface area contributed by atoms with Crippen LogP contribution in [0.4, 0.5) is 0 Å². The van der Waals surface area contributed by atoms with Crippen molar-refractivity contribution in [2.24, 2.45) is 0 Å². The minimum absolute atomic E-state index is 0.262. The third-order valence-corrected chi connectivity index (χ3v) is 2.73. The fourth-order valence-corrected chi connectivity index (χ4v) is 1.67. The summed E-state index contributed by atoms with van der Waals surface area (Å²) in [4.78, 5) is 4.34. The van der Waals surface area contributed by atoms with Crippen LogP contribution in [0.3, 0.4) is 0 Å². The number of hydrogen-bond donors (Lipinski definition) is 0. The highest BCUT2D eigenvalue weighted by Gasteiger charge is 2.07. The summed E-state index contributed by atoms with van der Waals surface area (Å²) in [5.74, 6) is 0.514. The van der Waals surface area contributed by atoms with Crippen LogP contribution in [0, 0.1) is 11.3 Å². The van der Waals surface area contributed by atoms with Crippen molar-refractivity contribution in [1.29, 1.82) is 5.26 Å². The van der Waals surface area contributed by atoms with Gasteiger partial charge in [-0.1, -0.05) is 6.92 Å². The van der Waals surface area contributed by atoms with Gasteiger partial charge in [-0.2, -0.15) is 5.26 Å². The second kappa shape index (κ2) is 3.98. The van der Waals surface area contributed by atoms with E-state index < -0.39 is 10.8 Å². The van der Waals surface area contributed by atoms with Gasteiger partial charge >= 0.3 is 0 Å². The molecule has 0 fully saturated rings. The van der Waals surface area contributed by atoms with Crippen molar-refractivity contribution in [3.05, 3.63) is 24.0 Å². The number of hydrogen-bond acceptors (Lipinski definition) is 3. The molecule has 0 radical (unpaired) electrons. The maximum absolute atomic E-state index is 11.3. The lowest BCUT2D eigenvalue weighted by Crippen LogP contribution is -1.98. The largest absolute Gasteiger partial charge is 0.254 e. The zero-order valence-electron chi connectivity index (χ0n) is 6.65. The highest BCUT2D eigenvalue weighted by atomic mass is 32.2. The average molecular weight is 180 g/mol. The van der Waals surface area contributed by atoms with Gasteiger partial charge in [0.1, 0.15) is 6.07 Å². The molecule has 0 aliphatic carbocycles. The smallest absolute Gasteiger partial charge is 0.156 e. The average Bonchev–Trinajstić information content (AvgIpc) is 2.16. The Morgan fingerprint density at radius 1 is 1.75 bits per heavy atom.